The number of aliphatic hydroxyl groups is 1. The lowest BCUT2D eigenvalue weighted by atomic mass is 9.84. The second kappa shape index (κ2) is 6.61. The maximum absolute atomic E-state index is 9.32. The van der Waals surface area contributed by atoms with Crippen LogP contribution in [0.15, 0.2) is 4.99 Å². The molecule has 1 aliphatic carbocycles. The van der Waals surface area contributed by atoms with Crippen LogP contribution in [0, 0.1) is 5.92 Å². The molecular weight excluding hydrogens is 353 g/mol. The summed E-state index contributed by atoms with van der Waals surface area (Å²) in [7, 11) is 0. The Morgan fingerprint density at radius 2 is 2.05 bits per heavy atom. The molecule has 3 unspecified atom stereocenters. The van der Waals surface area contributed by atoms with Crippen LogP contribution in [0.25, 0.3) is 0 Å². The van der Waals surface area contributed by atoms with Crippen LogP contribution in [0.5, 0.6) is 0 Å². The summed E-state index contributed by atoms with van der Waals surface area (Å²) in [5.41, 5.74) is 0. The van der Waals surface area contributed by atoms with Crippen molar-refractivity contribution in [3.05, 3.63) is 0 Å². The van der Waals surface area contributed by atoms with Gasteiger partial charge in [0, 0.05) is 6.04 Å². The minimum absolute atomic E-state index is 0. The summed E-state index contributed by atoms with van der Waals surface area (Å²) in [5, 5.41) is 12.9. The summed E-state index contributed by atoms with van der Waals surface area (Å²) in [6.45, 7) is 3.39. The van der Waals surface area contributed by atoms with Crippen LogP contribution in [-0.2, 0) is 0 Å². The van der Waals surface area contributed by atoms with E-state index in [1.54, 1.807) is 0 Å². The maximum Gasteiger partial charge on any atom is 0.194 e. The fourth-order valence-electron chi connectivity index (χ4n) is 3.79. The zero-order valence-electron chi connectivity index (χ0n) is 11.7. The summed E-state index contributed by atoms with van der Waals surface area (Å²) in [6.07, 6.45) is 7.99. The minimum Gasteiger partial charge on any atom is -0.394 e. The van der Waals surface area contributed by atoms with E-state index in [9.17, 15) is 5.11 Å². The van der Waals surface area contributed by atoms with Gasteiger partial charge >= 0.3 is 0 Å². The van der Waals surface area contributed by atoms with Crippen LogP contribution >= 0.6 is 24.0 Å². The number of halogens is 1. The molecule has 110 valence electrons. The van der Waals surface area contributed by atoms with Crippen molar-refractivity contribution in [2.24, 2.45) is 10.9 Å². The molecule has 0 amide bonds. The molecule has 4 nitrogen and oxygen atoms in total. The predicted octanol–water partition coefficient (Wildman–Crippen LogP) is 1.97. The molecule has 0 bridgehead atoms. The normalized spacial score (nSPS) is 35.2. The van der Waals surface area contributed by atoms with Gasteiger partial charge in [-0.1, -0.05) is 19.3 Å². The van der Waals surface area contributed by atoms with Crippen LogP contribution in [0.2, 0.25) is 0 Å². The van der Waals surface area contributed by atoms with Crippen LogP contribution in [-0.4, -0.2) is 47.2 Å². The number of aliphatic imine (C=N–C) groups is 1. The van der Waals surface area contributed by atoms with E-state index in [1.807, 2.05) is 0 Å². The van der Waals surface area contributed by atoms with E-state index in [1.165, 1.54) is 32.1 Å². The van der Waals surface area contributed by atoms with E-state index in [4.69, 9.17) is 0 Å². The quantitative estimate of drug-likeness (QED) is 0.722. The molecular formula is C14H26IN3O. The van der Waals surface area contributed by atoms with Crippen molar-refractivity contribution in [3.63, 3.8) is 0 Å². The fraction of sp³-hybridized carbons (Fsp3) is 0.929. The standard InChI is InChI=1S/C14H25N3O.HI/c1-10-7-12(9-18)17(10)14-15-8-13(16-14)11-5-3-2-4-6-11;/h10-13,18H,2-9H2,1H3,(H,15,16);1H. The average molecular weight is 379 g/mol. The summed E-state index contributed by atoms with van der Waals surface area (Å²) < 4.78 is 0. The molecule has 0 radical (unpaired) electrons. The van der Waals surface area contributed by atoms with Gasteiger partial charge in [-0.3, -0.25) is 4.99 Å². The van der Waals surface area contributed by atoms with Gasteiger partial charge in [-0.05, 0) is 32.1 Å². The van der Waals surface area contributed by atoms with E-state index in [2.05, 4.69) is 22.1 Å². The third-order valence-electron chi connectivity index (χ3n) is 4.91. The van der Waals surface area contributed by atoms with E-state index >= 15 is 0 Å². The van der Waals surface area contributed by atoms with Crippen LogP contribution in [0.1, 0.15) is 45.4 Å². The lowest BCUT2D eigenvalue weighted by molar-refractivity contribution is 0.0522. The maximum atomic E-state index is 9.32. The Labute approximate surface area is 133 Å². The first-order valence-corrected chi connectivity index (χ1v) is 7.49. The Kier molecular flexibility index (Phi) is 5.34. The molecule has 1 saturated carbocycles. The number of likely N-dealkylation sites (tertiary alicyclic amines) is 1. The first-order chi connectivity index (χ1) is 8.79. The highest BCUT2D eigenvalue weighted by atomic mass is 127. The molecule has 2 aliphatic heterocycles. The van der Waals surface area contributed by atoms with Gasteiger partial charge in [0.1, 0.15) is 0 Å². The van der Waals surface area contributed by atoms with Crippen molar-refractivity contribution in [1.82, 2.24) is 10.2 Å². The molecule has 0 aromatic rings. The van der Waals surface area contributed by atoms with E-state index in [0.717, 1.165) is 24.8 Å². The monoisotopic (exact) mass is 379 g/mol. The zero-order chi connectivity index (χ0) is 12.5. The smallest absolute Gasteiger partial charge is 0.194 e. The van der Waals surface area contributed by atoms with Gasteiger partial charge in [-0.2, -0.15) is 0 Å². The van der Waals surface area contributed by atoms with Crippen LogP contribution in [0.4, 0.5) is 0 Å². The SMILES string of the molecule is CC1CC(CO)N1C1=NCC(C2CCCCC2)N1.I. The van der Waals surface area contributed by atoms with Gasteiger partial charge in [0.25, 0.3) is 0 Å². The topological polar surface area (TPSA) is 47.9 Å². The molecule has 2 N–H and O–H groups in total. The van der Waals surface area contributed by atoms with E-state index < -0.39 is 0 Å². The second-order valence-corrected chi connectivity index (χ2v) is 6.14. The minimum atomic E-state index is 0. The molecule has 0 aromatic carbocycles. The van der Waals surface area contributed by atoms with Gasteiger partial charge in [0.05, 0.1) is 25.2 Å². The first kappa shape index (κ1) is 15.4. The molecule has 3 rings (SSSR count). The highest BCUT2D eigenvalue weighted by Gasteiger charge is 2.40. The predicted molar refractivity (Wildman–Crippen MR) is 88.0 cm³/mol. The van der Waals surface area contributed by atoms with Gasteiger partial charge in [-0.15, -0.1) is 24.0 Å². The third-order valence-corrected chi connectivity index (χ3v) is 4.91. The molecule has 2 fully saturated rings. The van der Waals surface area contributed by atoms with Gasteiger partial charge in [0.15, 0.2) is 5.96 Å². The van der Waals surface area contributed by atoms with Gasteiger partial charge in [-0.25, -0.2) is 0 Å². The molecule has 0 aromatic heterocycles. The summed E-state index contributed by atoms with van der Waals surface area (Å²) >= 11 is 0. The molecule has 5 heteroatoms. The van der Waals surface area contributed by atoms with Crippen LogP contribution in [0.3, 0.4) is 0 Å². The molecule has 0 spiro atoms. The third kappa shape index (κ3) is 3.01. The van der Waals surface area contributed by atoms with E-state index in [-0.39, 0.29) is 36.6 Å². The fourth-order valence-corrected chi connectivity index (χ4v) is 3.79. The summed E-state index contributed by atoms with van der Waals surface area (Å²) in [5.74, 6) is 1.85. The number of rotatable bonds is 2. The number of hydrogen-bond donors (Lipinski definition) is 2. The summed E-state index contributed by atoms with van der Waals surface area (Å²) in [6, 6.07) is 1.36. The second-order valence-electron chi connectivity index (χ2n) is 6.14. The summed E-state index contributed by atoms with van der Waals surface area (Å²) in [4.78, 5) is 6.95. The Morgan fingerprint density at radius 3 is 2.68 bits per heavy atom. The lowest BCUT2D eigenvalue weighted by Crippen LogP contribution is -2.62. The van der Waals surface area contributed by atoms with Crippen molar-refractivity contribution in [1.29, 1.82) is 0 Å². The molecule has 2 heterocycles. The lowest BCUT2D eigenvalue weighted by Gasteiger charge is -2.47. The first-order valence-electron chi connectivity index (χ1n) is 7.49. The highest BCUT2D eigenvalue weighted by Crippen LogP contribution is 2.30. The molecule has 19 heavy (non-hydrogen) atoms. The Bertz CT molecular complexity index is 331. The van der Waals surface area contributed by atoms with Crippen molar-refractivity contribution >= 4 is 29.9 Å². The Morgan fingerprint density at radius 1 is 1.32 bits per heavy atom. The Balaban J connectivity index is 0.00000133. The van der Waals surface area contributed by atoms with Crippen LogP contribution < -0.4 is 5.32 Å². The number of nitrogens with zero attached hydrogens (tertiary/aromatic N) is 2. The van der Waals surface area contributed by atoms with Crippen molar-refractivity contribution < 1.29 is 5.11 Å². The number of aliphatic hydroxyl groups excluding tert-OH is 1. The van der Waals surface area contributed by atoms with Gasteiger partial charge in [0.2, 0.25) is 0 Å². The molecule has 3 atom stereocenters. The van der Waals surface area contributed by atoms with E-state index in [0.29, 0.717) is 12.1 Å². The number of guanidine groups is 1. The molecule has 1 saturated heterocycles. The van der Waals surface area contributed by atoms with Crippen molar-refractivity contribution in [2.75, 3.05) is 13.2 Å². The average Bonchev–Trinajstić information content (AvgIpc) is 2.85. The van der Waals surface area contributed by atoms with Crippen molar-refractivity contribution in [3.8, 4) is 0 Å². The zero-order valence-corrected chi connectivity index (χ0v) is 14.0. The number of hydrogen-bond acceptors (Lipinski definition) is 4. The Hall–Kier alpha value is -0.0400. The highest BCUT2D eigenvalue weighted by molar-refractivity contribution is 14.0. The van der Waals surface area contributed by atoms with Gasteiger partial charge < -0.3 is 15.3 Å². The largest absolute Gasteiger partial charge is 0.394 e. The number of nitrogens with one attached hydrogen (secondary N) is 1. The molecule has 3 aliphatic rings. The van der Waals surface area contributed by atoms with Crippen molar-refractivity contribution in [2.45, 2.75) is 63.6 Å².